The topological polar surface area (TPSA) is 88.8 Å². The fourth-order valence-corrected chi connectivity index (χ4v) is 3.92. The molecular formula is C28H28N4O3. The van der Waals surface area contributed by atoms with Crippen molar-refractivity contribution in [1.29, 1.82) is 5.26 Å². The first-order chi connectivity index (χ1) is 17.2. The number of rotatable bonds is 9. The Labute approximate surface area is 205 Å². The van der Waals surface area contributed by atoms with Crippen molar-refractivity contribution in [3.63, 3.8) is 0 Å². The first-order valence-corrected chi connectivity index (χ1v) is 11.6. The van der Waals surface area contributed by atoms with E-state index in [-0.39, 0.29) is 6.10 Å². The summed E-state index contributed by atoms with van der Waals surface area (Å²) in [5, 5.41) is 12.2. The number of nitrogens with one attached hydrogen (secondary N) is 1. The van der Waals surface area contributed by atoms with Crippen molar-refractivity contribution in [1.82, 2.24) is 4.98 Å². The zero-order valence-corrected chi connectivity index (χ0v) is 19.9. The number of benzene rings is 2. The lowest BCUT2D eigenvalue weighted by atomic mass is 10.1. The van der Waals surface area contributed by atoms with Gasteiger partial charge in [0.1, 0.15) is 17.6 Å². The Balaban J connectivity index is 1.54. The van der Waals surface area contributed by atoms with Crippen LogP contribution in [0.3, 0.4) is 0 Å². The molecule has 3 aromatic rings. The summed E-state index contributed by atoms with van der Waals surface area (Å²) in [4.78, 5) is 8.90. The fourth-order valence-electron chi connectivity index (χ4n) is 3.92. The Morgan fingerprint density at radius 2 is 1.94 bits per heavy atom. The number of hydrogen-bond donors (Lipinski definition) is 1. The van der Waals surface area contributed by atoms with Gasteiger partial charge < -0.3 is 19.5 Å². The number of para-hydroxylation sites is 1. The maximum Gasteiger partial charge on any atom is 0.168 e. The van der Waals surface area contributed by atoms with E-state index in [0.29, 0.717) is 22.8 Å². The summed E-state index contributed by atoms with van der Waals surface area (Å²) >= 11 is 0. The first-order valence-electron chi connectivity index (χ1n) is 11.6. The Kier molecular flexibility index (Phi) is 7.97. The summed E-state index contributed by atoms with van der Waals surface area (Å²) < 4.78 is 17.2. The van der Waals surface area contributed by atoms with E-state index in [1.165, 1.54) is 19.0 Å². The lowest BCUT2D eigenvalue weighted by Crippen LogP contribution is -2.12. The SMILES string of the molecule is COc1ccc(Nc2ccc(C#N)cn2)c(N=CC=Cc2cccc(OC)c2OC2CCCC2)c1. The Morgan fingerprint density at radius 1 is 1.09 bits per heavy atom. The molecule has 0 unspecified atom stereocenters. The van der Waals surface area contributed by atoms with Crippen LogP contribution in [0.5, 0.6) is 17.2 Å². The Hall–Kier alpha value is -4.31. The third-order valence-corrected chi connectivity index (χ3v) is 5.75. The third kappa shape index (κ3) is 6.18. The van der Waals surface area contributed by atoms with Crippen molar-refractivity contribution in [3.8, 4) is 23.3 Å². The van der Waals surface area contributed by atoms with Gasteiger partial charge in [-0.1, -0.05) is 12.1 Å². The van der Waals surface area contributed by atoms with Crippen molar-refractivity contribution in [2.45, 2.75) is 31.8 Å². The van der Waals surface area contributed by atoms with Gasteiger partial charge in [0.15, 0.2) is 11.5 Å². The molecule has 7 heteroatoms. The standard InChI is InChI=1S/C28H28N4O3/c1-33-23-13-14-24(32-27-15-12-20(18-29)19-31-27)25(17-23)30-16-6-8-21-7-5-11-26(34-2)28(21)35-22-9-3-4-10-22/h5-8,11-17,19,22H,3-4,9-10H2,1-2H3,(H,31,32). The van der Waals surface area contributed by atoms with Crippen molar-refractivity contribution in [2.24, 2.45) is 4.99 Å². The van der Waals surface area contributed by atoms with Crippen LogP contribution in [0.1, 0.15) is 36.8 Å². The molecule has 178 valence electrons. The summed E-state index contributed by atoms with van der Waals surface area (Å²) in [6.45, 7) is 0. The lowest BCUT2D eigenvalue weighted by molar-refractivity contribution is 0.200. The van der Waals surface area contributed by atoms with Crippen LogP contribution >= 0.6 is 0 Å². The zero-order chi connectivity index (χ0) is 24.5. The van der Waals surface area contributed by atoms with Gasteiger partial charge in [0, 0.05) is 24.0 Å². The molecule has 0 radical (unpaired) electrons. The van der Waals surface area contributed by atoms with Crippen LogP contribution in [0.25, 0.3) is 6.08 Å². The van der Waals surface area contributed by atoms with Gasteiger partial charge in [-0.3, -0.25) is 4.99 Å². The second-order valence-corrected chi connectivity index (χ2v) is 8.09. The number of hydrogen-bond acceptors (Lipinski definition) is 7. The smallest absolute Gasteiger partial charge is 0.168 e. The summed E-state index contributed by atoms with van der Waals surface area (Å²) in [6.07, 6.45) is 11.9. The number of ether oxygens (including phenoxy) is 3. The lowest BCUT2D eigenvalue weighted by Gasteiger charge is -2.17. The van der Waals surface area contributed by atoms with Crippen molar-refractivity contribution < 1.29 is 14.2 Å². The number of aliphatic imine (C=N–C) groups is 1. The molecule has 1 aliphatic carbocycles. The molecular weight excluding hydrogens is 440 g/mol. The minimum absolute atomic E-state index is 0.230. The molecule has 35 heavy (non-hydrogen) atoms. The molecule has 1 heterocycles. The number of aromatic nitrogens is 1. The molecule has 1 fully saturated rings. The van der Waals surface area contributed by atoms with E-state index in [2.05, 4.69) is 21.4 Å². The van der Waals surface area contributed by atoms with Crippen molar-refractivity contribution in [3.05, 3.63) is 71.9 Å². The molecule has 0 aliphatic heterocycles. The zero-order valence-electron chi connectivity index (χ0n) is 19.9. The van der Waals surface area contributed by atoms with Crippen LogP contribution in [0.15, 0.2) is 65.8 Å². The van der Waals surface area contributed by atoms with Crippen LogP contribution in [-0.2, 0) is 0 Å². The number of nitriles is 1. The van der Waals surface area contributed by atoms with E-state index in [9.17, 15) is 0 Å². The summed E-state index contributed by atoms with van der Waals surface area (Å²) in [5.41, 5.74) is 2.89. The maximum atomic E-state index is 8.98. The highest BCUT2D eigenvalue weighted by molar-refractivity contribution is 5.84. The van der Waals surface area contributed by atoms with Crippen molar-refractivity contribution >= 4 is 29.5 Å². The predicted octanol–water partition coefficient (Wildman–Crippen LogP) is 6.45. The molecule has 1 saturated carbocycles. The summed E-state index contributed by atoms with van der Waals surface area (Å²) in [6, 6.07) is 17.0. The van der Waals surface area contributed by atoms with E-state index in [0.717, 1.165) is 35.6 Å². The van der Waals surface area contributed by atoms with Crippen LogP contribution in [0.2, 0.25) is 0 Å². The molecule has 4 rings (SSSR count). The molecule has 7 nitrogen and oxygen atoms in total. The Morgan fingerprint density at radius 3 is 2.66 bits per heavy atom. The van der Waals surface area contributed by atoms with Gasteiger partial charge in [0.2, 0.25) is 0 Å². The number of methoxy groups -OCH3 is 2. The molecule has 0 spiro atoms. The predicted molar refractivity (Wildman–Crippen MR) is 138 cm³/mol. The van der Waals surface area contributed by atoms with Gasteiger partial charge in [-0.15, -0.1) is 0 Å². The third-order valence-electron chi connectivity index (χ3n) is 5.75. The monoisotopic (exact) mass is 468 g/mol. The number of pyridine rings is 1. The van der Waals surface area contributed by atoms with Crippen molar-refractivity contribution in [2.75, 3.05) is 19.5 Å². The summed E-state index contributed by atoms with van der Waals surface area (Å²) in [7, 11) is 3.28. The Bertz CT molecular complexity index is 1240. The van der Waals surface area contributed by atoms with Crippen LogP contribution in [-0.4, -0.2) is 31.5 Å². The largest absolute Gasteiger partial charge is 0.497 e. The van der Waals surface area contributed by atoms with Crippen LogP contribution in [0, 0.1) is 11.3 Å². The molecule has 0 saturated heterocycles. The average molecular weight is 469 g/mol. The van der Waals surface area contributed by atoms with Gasteiger partial charge in [-0.2, -0.15) is 5.26 Å². The molecule has 0 atom stereocenters. The van der Waals surface area contributed by atoms with Gasteiger partial charge in [-0.05, 0) is 68.2 Å². The van der Waals surface area contributed by atoms with Gasteiger partial charge >= 0.3 is 0 Å². The highest BCUT2D eigenvalue weighted by Gasteiger charge is 2.19. The van der Waals surface area contributed by atoms with Crippen LogP contribution < -0.4 is 19.5 Å². The highest BCUT2D eigenvalue weighted by Crippen LogP contribution is 2.36. The van der Waals surface area contributed by atoms with E-state index in [1.54, 1.807) is 32.6 Å². The van der Waals surface area contributed by atoms with Gasteiger partial charge in [-0.25, -0.2) is 4.98 Å². The highest BCUT2D eigenvalue weighted by atomic mass is 16.5. The van der Waals surface area contributed by atoms with Crippen LogP contribution in [0.4, 0.5) is 17.2 Å². The van der Waals surface area contributed by atoms with E-state index >= 15 is 0 Å². The first kappa shape index (κ1) is 23.8. The quantitative estimate of drug-likeness (QED) is 0.363. The second kappa shape index (κ2) is 11.7. The average Bonchev–Trinajstić information content (AvgIpc) is 3.41. The number of anilines is 2. The molecule has 1 N–H and O–H groups in total. The number of allylic oxidation sites excluding steroid dienone is 1. The van der Waals surface area contributed by atoms with Gasteiger partial charge in [0.25, 0.3) is 0 Å². The molecule has 2 aromatic carbocycles. The van der Waals surface area contributed by atoms with Gasteiger partial charge in [0.05, 0.1) is 37.3 Å². The molecule has 1 aliphatic rings. The maximum absolute atomic E-state index is 8.98. The second-order valence-electron chi connectivity index (χ2n) is 8.09. The molecule has 1 aromatic heterocycles. The minimum Gasteiger partial charge on any atom is -0.497 e. The van der Waals surface area contributed by atoms with E-state index < -0.39 is 0 Å². The van der Waals surface area contributed by atoms with E-state index in [4.69, 9.17) is 19.5 Å². The normalized spacial score (nSPS) is 13.7. The summed E-state index contributed by atoms with van der Waals surface area (Å²) in [5.74, 6) is 2.80. The van der Waals surface area contributed by atoms with E-state index in [1.807, 2.05) is 48.6 Å². The fraction of sp³-hybridized carbons (Fsp3) is 0.250. The number of nitrogens with zero attached hydrogens (tertiary/aromatic N) is 3. The molecule has 0 amide bonds. The minimum atomic E-state index is 0.230. The molecule has 0 bridgehead atoms.